The number of aliphatic hydroxyl groups is 1. The number of hydrogen-bond donors (Lipinski definition) is 4. The summed E-state index contributed by atoms with van der Waals surface area (Å²) in [7, 11) is 0. The SMILES string of the molecule is CCCCC(C(N)=O)n1nnnc1SCC1=C(C(=O)O)N2C(=O)C(NC(=O)[C@H](O)c3ccccc3)[C@H]2SC1. The van der Waals surface area contributed by atoms with E-state index in [4.69, 9.17) is 5.73 Å². The number of fused-ring (bicyclic) bond motifs is 1. The standard InChI is InChI=1S/C23H27N7O6S2/c1-2-3-9-14(18(24)32)30-23(26-27-28-30)38-11-13-10-37-21-15(20(34)29(21)16(13)22(35)36)25-19(33)17(31)12-7-5-4-6-8-12/h4-8,14-15,17,21,31H,2-3,9-11H2,1H3,(H2,24,32)(H,25,33)(H,35,36)/t14?,15?,17-,21-/m1/s1. The molecule has 1 fully saturated rings. The van der Waals surface area contributed by atoms with Crippen LogP contribution in [0.5, 0.6) is 0 Å². The van der Waals surface area contributed by atoms with E-state index in [0.29, 0.717) is 22.7 Å². The van der Waals surface area contributed by atoms with Crippen LogP contribution in [0.15, 0.2) is 46.8 Å². The molecule has 5 N–H and O–H groups in total. The van der Waals surface area contributed by atoms with Crippen LogP contribution in [-0.2, 0) is 19.2 Å². The van der Waals surface area contributed by atoms with Crippen LogP contribution in [-0.4, -0.2) is 81.9 Å². The first-order chi connectivity index (χ1) is 18.2. The van der Waals surface area contributed by atoms with Crippen LogP contribution in [0.2, 0.25) is 0 Å². The third-order valence-corrected chi connectivity index (χ3v) is 8.56. The summed E-state index contributed by atoms with van der Waals surface area (Å²) in [6.45, 7) is 1.99. The highest BCUT2D eigenvalue weighted by Gasteiger charge is 2.54. The Labute approximate surface area is 226 Å². The molecule has 38 heavy (non-hydrogen) atoms. The molecule has 202 valence electrons. The quantitative estimate of drug-likeness (QED) is 0.208. The Balaban J connectivity index is 1.46. The van der Waals surface area contributed by atoms with Crippen molar-refractivity contribution in [3.63, 3.8) is 0 Å². The average molecular weight is 562 g/mol. The molecule has 2 aliphatic heterocycles. The first-order valence-corrected chi connectivity index (χ1v) is 13.9. The molecule has 1 aromatic heterocycles. The van der Waals surface area contributed by atoms with E-state index in [0.717, 1.165) is 29.5 Å². The monoisotopic (exact) mass is 561 g/mol. The van der Waals surface area contributed by atoms with Crippen LogP contribution < -0.4 is 11.1 Å². The normalized spacial score (nSPS) is 20.4. The minimum atomic E-state index is -1.46. The molecule has 4 atom stereocenters. The second kappa shape index (κ2) is 12.0. The smallest absolute Gasteiger partial charge is 0.352 e. The lowest BCUT2D eigenvalue weighted by atomic mass is 10.0. The van der Waals surface area contributed by atoms with Gasteiger partial charge in [-0.25, -0.2) is 9.48 Å². The van der Waals surface area contributed by atoms with Crippen LogP contribution >= 0.6 is 23.5 Å². The molecule has 0 aliphatic carbocycles. The van der Waals surface area contributed by atoms with Crippen molar-refractivity contribution >= 4 is 47.2 Å². The number of thioether (sulfide) groups is 2. The molecular weight excluding hydrogens is 534 g/mol. The Morgan fingerprint density at radius 2 is 2.03 bits per heavy atom. The topological polar surface area (TPSA) is 194 Å². The van der Waals surface area contributed by atoms with Gasteiger partial charge in [-0.1, -0.05) is 61.9 Å². The third-order valence-electron chi connectivity index (χ3n) is 6.20. The van der Waals surface area contributed by atoms with E-state index in [-0.39, 0.29) is 17.2 Å². The number of primary amides is 1. The number of nitrogens with one attached hydrogen (secondary N) is 1. The largest absolute Gasteiger partial charge is 0.477 e. The Morgan fingerprint density at radius 3 is 2.68 bits per heavy atom. The van der Waals surface area contributed by atoms with Crippen molar-refractivity contribution in [3.05, 3.63) is 47.2 Å². The molecule has 0 saturated carbocycles. The molecule has 2 unspecified atom stereocenters. The van der Waals surface area contributed by atoms with Gasteiger partial charge in [-0.05, 0) is 28.0 Å². The fourth-order valence-corrected chi connectivity index (χ4v) is 6.63. The van der Waals surface area contributed by atoms with E-state index in [9.17, 15) is 29.4 Å². The Morgan fingerprint density at radius 1 is 1.29 bits per heavy atom. The number of benzene rings is 1. The highest BCUT2D eigenvalue weighted by Crippen LogP contribution is 2.41. The molecule has 1 saturated heterocycles. The van der Waals surface area contributed by atoms with Crippen LogP contribution in [0.4, 0.5) is 0 Å². The molecule has 13 nitrogen and oxygen atoms in total. The van der Waals surface area contributed by atoms with E-state index in [1.54, 1.807) is 30.3 Å². The van der Waals surface area contributed by atoms with Gasteiger partial charge in [0.1, 0.15) is 23.2 Å². The predicted octanol–water partition coefficient (Wildman–Crippen LogP) is 0.454. The number of unbranched alkanes of at least 4 members (excludes halogenated alkanes) is 1. The summed E-state index contributed by atoms with van der Waals surface area (Å²) < 4.78 is 1.35. The summed E-state index contributed by atoms with van der Waals surface area (Å²) in [5, 5.41) is 34.0. The maximum atomic E-state index is 12.9. The molecule has 1 aromatic carbocycles. The lowest BCUT2D eigenvalue weighted by Crippen LogP contribution is -2.70. The first kappa shape index (κ1) is 27.6. The van der Waals surface area contributed by atoms with Gasteiger partial charge in [-0.2, -0.15) is 0 Å². The number of β-lactam (4-membered cyclic amide) rings is 1. The lowest BCUT2D eigenvalue weighted by Gasteiger charge is -2.49. The Hall–Kier alpha value is -3.43. The highest BCUT2D eigenvalue weighted by atomic mass is 32.2. The molecule has 0 spiro atoms. The zero-order valence-electron chi connectivity index (χ0n) is 20.4. The van der Waals surface area contributed by atoms with Crippen LogP contribution in [0.1, 0.15) is 43.9 Å². The fourth-order valence-electron chi connectivity index (χ4n) is 4.22. The number of aliphatic hydroxyl groups excluding tert-OH is 1. The number of hydrogen-bond acceptors (Lipinski definition) is 10. The minimum Gasteiger partial charge on any atom is -0.477 e. The van der Waals surface area contributed by atoms with Crippen LogP contribution in [0, 0.1) is 0 Å². The van der Waals surface area contributed by atoms with Crippen LogP contribution in [0.3, 0.4) is 0 Å². The fraction of sp³-hybridized carbons (Fsp3) is 0.435. The van der Waals surface area contributed by atoms with Gasteiger partial charge < -0.3 is 21.3 Å². The van der Waals surface area contributed by atoms with E-state index in [2.05, 4.69) is 20.8 Å². The summed E-state index contributed by atoms with van der Waals surface area (Å²) in [4.78, 5) is 50.8. The molecule has 2 aromatic rings. The molecule has 0 bridgehead atoms. The van der Waals surface area contributed by atoms with Crippen molar-refractivity contribution in [3.8, 4) is 0 Å². The summed E-state index contributed by atoms with van der Waals surface area (Å²) in [6.07, 6.45) is 0.624. The molecule has 0 radical (unpaired) electrons. The number of nitrogens with two attached hydrogens (primary N) is 1. The number of rotatable bonds is 12. The number of carboxylic acids is 1. The summed E-state index contributed by atoms with van der Waals surface area (Å²) in [5.41, 5.74) is 6.25. The highest BCUT2D eigenvalue weighted by molar-refractivity contribution is 8.01. The maximum absolute atomic E-state index is 12.9. The Kier molecular flexibility index (Phi) is 8.69. The van der Waals surface area contributed by atoms with E-state index in [1.807, 2.05) is 6.92 Å². The van der Waals surface area contributed by atoms with Gasteiger partial charge in [0, 0.05) is 11.5 Å². The Bertz CT molecular complexity index is 1250. The predicted molar refractivity (Wildman–Crippen MR) is 137 cm³/mol. The van der Waals surface area contributed by atoms with E-state index in [1.165, 1.54) is 16.4 Å². The van der Waals surface area contributed by atoms with E-state index < -0.39 is 47.3 Å². The number of nitrogens with zero attached hydrogens (tertiary/aromatic N) is 5. The summed E-state index contributed by atoms with van der Waals surface area (Å²) in [6, 6.07) is 6.61. The zero-order chi connectivity index (χ0) is 27.4. The third kappa shape index (κ3) is 5.54. The van der Waals surface area contributed by atoms with Gasteiger partial charge in [-0.15, -0.1) is 16.9 Å². The number of carbonyl (C=O) groups excluding carboxylic acids is 3. The number of aliphatic carboxylic acids is 1. The van der Waals surface area contributed by atoms with Crippen molar-refractivity contribution in [2.75, 3.05) is 11.5 Å². The van der Waals surface area contributed by atoms with Crippen molar-refractivity contribution in [1.82, 2.24) is 30.4 Å². The van der Waals surface area contributed by atoms with Crippen molar-refractivity contribution in [1.29, 1.82) is 0 Å². The molecule has 3 heterocycles. The number of carbonyl (C=O) groups is 4. The van der Waals surface area contributed by atoms with Crippen LogP contribution in [0.25, 0.3) is 0 Å². The summed E-state index contributed by atoms with van der Waals surface area (Å²) in [5.74, 6) is -2.71. The number of amides is 3. The van der Waals surface area contributed by atoms with Gasteiger partial charge in [0.2, 0.25) is 11.1 Å². The lowest BCUT2D eigenvalue weighted by molar-refractivity contribution is -0.151. The number of aromatic nitrogens is 4. The molecule has 4 rings (SSSR count). The zero-order valence-corrected chi connectivity index (χ0v) is 22.0. The molecule has 2 aliphatic rings. The van der Waals surface area contributed by atoms with Gasteiger partial charge in [0.25, 0.3) is 11.8 Å². The van der Waals surface area contributed by atoms with Gasteiger partial charge in [-0.3, -0.25) is 19.3 Å². The minimum absolute atomic E-state index is 0.156. The van der Waals surface area contributed by atoms with E-state index >= 15 is 0 Å². The van der Waals surface area contributed by atoms with Crippen molar-refractivity contribution in [2.45, 2.75) is 54.9 Å². The maximum Gasteiger partial charge on any atom is 0.352 e. The second-order valence-electron chi connectivity index (χ2n) is 8.72. The molecule has 3 amide bonds. The van der Waals surface area contributed by atoms with Crippen molar-refractivity contribution in [2.24, 2.45) is 5.73 Å². The number of tetrazole rings is 1. The second-order valence-corrected chi connectivity index (χ2v) is 10.8. The molecule has 15 heteroatoms. The summed E-state index contributed by atoms with van der Waals surface area (Å²) >= 11 is 2.45. The van der Waals surface area contributed by atoms with Gasteiger partial charge in [0.05, 0.1) is 0 Å². The number of carboxylic acid groups (broad SMARTS) is 1. The average Bonchev–Trinajstić information content (AvgIpc) is 3.37. The molecular formula is C23H27N7O6S2. The van der Waals surface area contributed by atoms with Gasteiger partial charge in [0.15, 0.2) is 6.10 Å². The van der Waals surface area contributed by atoms with Crippen molar-refractivity contribution < 1.29 is 29.4 Å². The van der Waals surface area contributed by atoms with Gasteiger partial charge >= 0.3 is 5.97 Å². The first-order valence-electron chi connectivity index (χ1n) is 11.9.